The monoisotopic (exact) mass is 548 g/mol. The van der Waals surface area contributed by atoms with Gasteiger partial charge in [0.1, 0.15) is 11.5 Å². The highest BCUT2D eigenvalue weighted by molar-refractivity contribution is 5.81. The van der Waals surface area contributed by atoms with Gasteiger partial charge in [-0.05, 0) is 117 Å². The molecular formula is C36H41FN4. The summed E-state index contributed by atoms with van der Waals surface area (Å²) in [4.78, 5) is 0. The van der Waals surface area contributed by atoms with Gasteiger partial charge in [0.15, 0.2) is 0 Å². The molecule has 0 spiro atoms. The minimum atomic E-state index is -0.258. The van der Waals surface area contributed by atoms with E-state index < -0.39 is 0 Å². The van der Waals surface area contributed by atoms with Crippen LogP contribution in [-0.2, 0) is 0 Å². The molecule has 1 fully saturated rings. The maximum Gasteiger partial charge on any atom is 0.123 e. The fraction of sp³-hybridized carbons (Fsp3) is 0.250. The molecule has 4 nitrogen and oxygen atoms in total. The fourth-order valence-electron chi connectivity index (χ4n) is 5.36. The van der Waals surface area contributed by atoms with Crippen LogP contribution in [0.5, 0.6) is 0 Å². The number of nitrogens with zero attached hydrogens (tertiary/aromatic N) is 1. The molecule has 0 unspecified atom stereocenters. The van der Waals surface area contributed by atoms with E-state index in [0.29, 0.717) is 17.3 Å². The number of allylic oxidation sites excluding steroid dienone is 6. The molecule has 1 aliphatic heterocycles. The highest BCUT2D eigenvalue weighted by Gasteiger charge is 2.15. The minimum absolute atomic E-state index is 0.258. The second-order valence-electron chi connectivity index (χ2n) is 10.5. The number of aromatic nitrogens is 2. The molecule has 1 aromatic heterocycles. The van der Waals surface area contributed by atoms with Crippen molar-refractivity contribution in [2.45, 2.75) is 40.0 Å². The number of aromatic amines is 1. The van der Waals surface area contributed by atoms with Gasteiger partial charge in [-0.3, -0.25) is 5.10 Å². The molecule has 41 heavy (non-hydrogen) atoms. The molecule has 5 heteroatoms. The van der Waals surface area contributed by atoms with Crippen molar-refractivity contribution in [1.29, 1.82) is 0 Å². The summed E-state index contributed by atoms with van der Waals surface area (Å²) in [6.45, 7) is 21.0. The van der Waals surface area contributed by atoms with Crippen LogP contribution in [0.15, 0.2) is 97.1 Å². The quantitative estimate of drug-likeness (QED) is 0.235. The molecule has 0 aliphatic carbocycles. The first-order valence-corrected chi connectivity index (χ1v) is 14.3. The Hall–Kier alpha value is -4.22. The molecule has 0 saturated carbocycles. The number of anilines is 1. The Bertz CT molecular complexity index is 1610. The lowest BCUT2D eigenvalue weighted by molar-refractivity contribution is 0.374. The maximum absolute atomic E-state index is 13.9. The van der Waals surface area contributed by atoms with Crippen LogP contribution in [0.25, 0.3) is 29.0 Å². The molecule has 1 saturated heterocycles. The van der Waals surface area contributed by atoms with Crippen LogP contribution < -0.4 is 21.2 Å². The van der Waals surface area contributed by atoms with Gasteiger partial charge in [-0.15, -0.1) is 0 Å². The third-order valence-electron chi connectivity index (χ3n) is 7.75. The zero-order chi connectivity index (χ0) is 29.4. The lowest BCUT2D eigenvalue weighted by atomic mass is 9.89. The average Bonchev–Trinajstić information content (AvgIpc) is 3.39. The summed E-state index contributed by atoms with van der Waals surface area (Å²) in [5.41, 5.74) is 8.22. The Morgan fingerprint density at radius 3 is 2.56 bits per heavy atom. The van der Waals surface area contributed by atoms with Crippen LogP contribution in [0, 0.1) is 18.7 Å². The number of H-pyrrole nitrogens is 1. The largest absolute Gasteiger partial charge is 0.354 e. The molecule has 212 valence electrons. The summed E-state index contributed by atoms with van der Waals surface area (Å²) in [5.74, 6) is 0.418. The molecule has 2 aromatic carbocycles. The van der Waals surface area contributed by atoms with Gasteiger partial charge in [-0.2, -0.15) is 5.10 Å². The first-order chi connectivity index (χ1) is 19.8. The van der Waals surface area contributed by atoms with E-state index in [1.54, 1.807) is 12.1 Å². The standard InChI is InChI=1S/C36H41FN4/c1-7-27(21-28-16-18-38-19-17-28)22-29(8-2)24(4)20-33-34(9-3)40-41-36(33)26(6)39-35-15-11-14-32(25(35)5)30-12-10-13-31(37)23-30/h7-15,20,22-23,28,38-40H,1,4,6,16-19,21H2,2-3,5H3/b27-22+,29-8+,33-20+,34-9+. The zero-order valence-electron chi connectivity index (χ0n) is 24.5. The molecule has 1 aliphatic rings. The average molecular weight is 549 g/mol. The van der Waals surface area contributed by atoms with Crippen molar-refractivity contribution in [1.82, 2.24) is 15.5 Å². The van der Waals surface area contributed by atoms with E-state index in [9.17, 15) is 4.39 Å². The second kappa shape index (κ2) is 13.9. The Labute approximate surface area is 243 Å². The van der Waals surface area contributed by atoms with Crippen LogP contribution in [0.1, 0.15) is 44.4 Å². The van der Waals surface area contributed by atoms with Crippen molar-refractivity contribution in [3.8, 4) is 11.1 Å². The lowest BCUT2D eigenvalue weighted by Gasteiger charge is -2.23. The number of piperidine rings is 1. The highest BCUT2D eigenvalue weighted by atomic mass is 19.1. The molecule has 3 N–H and O–H groups in total. The van der Waals surface area contributed by atoms with Crippen LogP contribution in [-0.4, -0.2) is 23.3 Å². The normalized spacial score (nSPS) is 15.7. The molecule has 4 rings (SSSR count). The van der Waals surface area contributed by atoms with Gasteiger partial charge in [0, 0.05) is 10.9 Å². The summed E-state index contributed by atoms with van der Waals surface area (Å²) in [6.07, 6.45) is 13.7. The smallest absolute Gasteiger partial charge is 0.123 e. The van der Waals surface area contributed by atoms with Crippen LogP contribution >= 0.6 is 0 Å². The highest BCUT2D eigenvalue weighted by Crippen LogP contribution is 2.30. The summed E-state index contributed by atoms with van der Waals surface area (Å²) in [5, 5.41) is 16.4. The maximum atomic E-state index is 13.9. The third-order valence-corrected chi connectivity index (χ3v) is 7.75. The number of hydrogen-bond donors (Lipinski definition) is 3. The van der Waals surface area contributed by atoms with Crippen LogP contribution in [0.2, 0.25) is 0 Å². The summed E-state index contributed by atoms with van der Waals surface area (Å²) in [7, 11) is 0. The van der Waals surface area contributed by atoms with E-state index >= 15 is 0 Å². The topological polar surface area (TPSA) is 52.7 Å². The second-order valence-corrected chi connectivity index (χ2v) is 10.5. The molecule has 3 aromatic rings. The van der Waals surface area contributed by atoms with Gasteiger partial charge < -0.3 is 10.6 Å². The molecule has 2 heterocycles. The number of rotatable bonds is 10. The predicted molar refractivity (Wildman–Crippen MR) is 173 cm³/mol. The van der Waals surface area contributed by atoms with Gasteiger partial charge in [0.2, 0.25) is 0 Å². The zero-order valence-corrected chi connectivity index (χ0v) is 24.5. The number of halogens is 1. The fourth-order valence-corrected chi connectivity index (χ4v) is 5.36. The van der Waals surface area contributed by atoms with Crippen molar-refractivity contribution >= 4 is 23.5 Å². The van der Waals surface area contributed by atoms with Crippen molar-refractivity contribution in [3.05, 3.63) is 125 Å². The van der Waals surface area contributed by atoms with Crippen molar-refractivity contribution in [3.63, 3.8) is 0 Å². The Kier molecular flexibility index (Phi) is 10.1. The van der Waals surface area contributed by atoms with E-state index in [4.69, 9.17) is 0 Å². The van der Waals surface area contributed by atoms with E-state index in [-0.39, 0.29) is 5.82 Å². The predicted octanol–water partition coefficient (Wildman–Crippen LogP) is 7.19. The third kappa shape index (κ3) is 7.30. The van der Waals surface area contributed by atoms with E-state index in [2.05, 4.69) is 58.8 Å². The number of nitrogens with one attached hydrogen (secondary N) is 3. The van der Waals surface area contributed by atoms with Gasteiger partial charge >= 0.3 is 0 Å². The lowest BCUT2D eigenvalue weighted by Crippen LogP contribution is -2.27. The summed E-state index contributed by atoms with van der Waals surface area (Å²) >= 11 is 0. The van der Waals surface area contributed by atoms with Crippen molar-refractivity contribution in [2.24, 2.45) is 5.92 Å². The first-order valence-electron chi connectivity index (χ1n) is 14.3. The number of benzene rings is 2. The van der Waals surface area contributed by atoms with Gasteiger partial charge in [-0.25, -0.2) is 4.39 Å². The van der Waals surface area contributed by atoms with Gasteiger partial charge in [0.25, 0.3) is 0 Å². The Morgan fingerprint density at radius 1 is 1.12 bits per heavy atom. The molecule has 0 bridgehead atoms. The summed E-state index contributed by atoms with van der Waals surface area (Å²) < 4.78 is 13.9. The Balaban J connectivity index is 1.62. The van der Waals surface area contributed by atoms with E-state index in [0.717, 1.165) is 63.6 Å². The van der Waals surface area contributed by atoms with E-state index in [1.165, 1.54) is 24.5 Å². The van der Waals surface area contributed by atoms with Gasteiger partial charge in [-0.1, -0.05) is 68.3 Å². The SMILES string of the molecule is C=C/C(=C\C(=C/C)C(=C)/C=c1/c(C(=C)Nc2cccc(-c3cccc(F)c3)c2C)n[nH]/c1=C/C)CC1CCNCC1. The van der Waals surface area contributed by atoms with Crippen molar-refractivity contribution in [2.75, 3.05) is 18.4 Å². The molecule has 0 radical (unpaired) electrons. The first kappa shape index (κ1) is 29.8. The van der Waals surface area contributed by atoms with Crippen molar-refractivity contribution < 1.29 is 4.39 Å². The summed E-state index contributed by atoms with van der Waals surface area (Å²) in [6, 6.07) is 12.6. The minimum Gasteiger partial charge on any atom is -0.354 e. The molecular weight excluding hydrogens is 507 g/mol. The van der Waals surface area contributed by atoms with Crippen LogP contribution in [0.4, 0.5) is 10.1 Å². The molecule has 0 atom stereocenters. The molecule has 0 amide bonds. The van der Waals surface area contributed by atoms with Gasteiger partial charge in [0.05, 0.1) is 11.0 Å². The van der Waals surface area contributed by atoms with Crippen LogP contribution in [0.3, 0.4) is 0 Å². The Morgan fingerprint density at radius 2 is 1.88 bits per heavy atom. The number of hydrogen-bond acceptors (Lipinski definition) is 3. The van der Waals surface area contributed by atoms with E-state index in [1.807, 2.05) is 57.2 Å².